The number of nitrogens with one attached hydrogen (secondary N) is 1. The largest absolute Gasteiger partial charge is 0.488 e. The van der Waals surface area contributed by atoms with Gasteiger partial charge in [-0.05, 0) is 63.5 Å². The van der Waals surface area contributed by atoms with Crippen molar-refractivity contribution in [2.75, 3.05) is 5.32 Å². The quantitative estimate of drug-likeness (QED) is 0.295. The molecule has 0 spiro atoms. The van der Waals surface area contributed by atoms with Crippen molar-refractivity contribution in [1.29, 1.82) is 5.26 Å². The first kappa shape index (κ1) is 21.9. The molecule has 0 aromatic heterocycles. The van der Waals surface area contributed by atoms with Crippen LogP contribution >= 0.6 is 39.1 Å². The summed E-state index contributed by atoms with van der Waals surface area (Å²) < 4.78 is 6.54. The van der Waals surface area contributed by atoms with E-state index in [0.29, 0.717) is 33.7 Å². The molecular formula is C23H15BrCl2N2O2. The number of nitriles is 1. The van der Waals surface area contributed by atoms with Gasteiger partial charge in [0.05, 0.1) is 14.5 Å². The number of amides is 1. The molecule has 0 unspecified atom stereocenters. The molecule has 0 fully saturated rings. The van der Waals surface area contributed by atoms with Crippen molar-refractivity contribution in [2.24, 2.45) is 0 Å². The predicted molar refractivity (Wildman–Crippen MR) is 124 cm³/mol. The fourth-order valence-electron chi connectivity index (χ4n) is 2.55. The first-order valence-corrected chi connectivity index (χ1v) is 10.4. The summed E-state index contributed by atoms with van der Waals surface area (Å²) in [6, 6.07) is 21.8. The molecule has 150 valence electrons. The van der Waals surface area contributed by atoms with E-state index >= 15 is 0 Å². The van der Waals surface area contributed by atoms with Crippen LogP contribution < -0.4 is 10.1 Å². The number of carbonyl (C=O) groups is 1. The Bertz CT molecular complexity index is 1140. The highest BCUT2D eigenvalue weighted by Gasteiger charge is 2.11. The highest BCUT2D eigenvalue weighted by atomic mass is 79.9. The summed E-state index contributed by atoms with van der Waals surface area (Å²) in [4.78, 5) is 12.4. The fraction of sp³-hybridized carbons (Fsp3) is 0.0435. The minimum Gasteiger partial charge on any atom is -0.488 e. The summed E-state index contributed by atoms with van der Waals surface area (Å²) in [5.74, 6) is 0.117. The van der Waals surface area contributed by atoms with Crippen molar-refractivity contribution in [3.05, 3.63) is 97.9 Å². The van der Waals surface area contributed by atoms with Gasteiger partial charge in [-0.1, -0.05) is 59.6 Å². The third-order valence-electron chi connectivity index (χ3n) is 4.05. The van der Waals surface area contributed by atoms with E-state index in [2.05, 4.69) is 21.2 Å². The first-order chi connectivity index (χ1) is 14.5. The van der Waals surface area contributed by atoms with Gasteiger partial charge in [0, 0.05) is 5.69 Å². The van der Waals surface area contributed by atoms with Gasteiger partial charge >= 0.3 is 0 Å². The van der Waals surface area contributed by atoms with E-state index in [0.717, 1.165) is 10.0 Å². The van der Waals surface area contributed by atoms with E-state index in [1.165, 1.54) is 12.1 Å². The zero-order valence-electron chi connectivity index (χ0n) is 15.5. The monoisotopic (exact) mass is 500 g/mol. The number of benzene rings is 3. The Morgan fingerprint density at radius 2 is 1.83 bits per heavy atom. The Hall–Kier alpha value is -2.78. The molecule has 0 aliphatic rings. The Labute approximate surface area is 192 Å². The van der Waals surface area contributed by atoms with Crippen LogP contribution in [0.5, 0.6) is 5.75 Å². The van der Waals surface area contributed by atoms with Gasteiger partial charge in [-0.15, -0.1) is 0 Å². The molecule has 3 aromatic carbocycles. The van der Waals surface area contributed by atoms with Crippen molar-refractivity contribution in [3.8, 4) is 11.8 Å². The third-order valence-corrected chi connectivity index (χ3v) is 5.41. The molecule has 1 N–H and O–H groups in total. The molecule has 0 aliphatic heterocycles. The summed E-state index contributed by atoms with van der Waals surface area (Å²) in [6.45, 7) is 0.435. The van der Waals surface area contributed by atoms with Crippen LogP contribution in [0.25, 0.3) is 6.08 Å². The number of anilines is 1. The maximum atomic E-state index is 12.4. The minimum atomic E-state index is -0.545. The van der Waals surface area contributed by atoms with Crippen molar-refractivity contribution >= 4 is 56.8 Å². The van der Waals surface area contributed by atoms with Crippen LogP contribution in [0.2, 0.25) is 10.0 Å². The van der Waals surface area contributed by atoms with Gasteiger partial charge in [0.2, 0.25) is 0 Å². The van der Waals surface area contributed by atoms with Crippen molar-refractivity contribution in [2.45, 2.75) is 6.61 Å². The van der Waals surface area contributed by atoms with Crippen molar-refractivity contribution in [1.82, 2.24) is 0 Å². The summed E-state index contributed by atoms with van der Waals surface area (Å²) in [6.07, 6.45) is 1.50. The lowest BCUT2D eigenvalue weighted by Gasteiger charge is -2.09. The molecule has 3 rings (SSSR count). The molecule has 1 amide bonds. The van der Waals surface area contributed by atoms with E-state index < -0.39 is 5.91 Å². The number of hydrogen-bond donors (Lipinski definition) is 1. The highest BCUT2D eigenvalue weighted by molar-refractivity contribution is 9.10. The van der Waals surface area contributed by atoms with Gasteiger partial charge in [-0.3, -0.25) is 4.79 Å². The fourth-order valence-corrected chi connectivity index (χ4v) is 3.36. The van der Waals surface area contributed by atoms with Crippen molar-refractivity contribution in [3.63, 3.8) is 0 Å². The lowest BCUT2D eigenvalue weighted by Crippen LogP contribution is -2.13. The zero-order chi connectivity index (χ0) is 21.5. The van der Waals surface area contributed by atoms with Crippen LogP contribution in [0.1, 0.15) is 11.1 Å². The second-order valence-electron chi connectivity index (χ2n) is 6.22. The molecule has 0 heterocycles. The standard InChI is InChI=1S/C23H15BrCl2N2O2/c24-19-11-16(6-9-22(19)30-14-15-4-2-1-3-5-15)10-17(13-27)23(29)28-18-7-8-20(25)21(26)12-18/h1-12H,14H2,(H,28,29)/b17-10-. The van der Waals surface area contributed by atoms with Crippen LogP contribution in [0.15, 0.2) is 76.8 Å². The molecule has 0 atom stereocenters. The number of nitrogens with zero attached hydrogens (tertiary/aromatic N) is 1. The Morgan fingerprint density at radius 3 is 2.50 bits per heavy atom. The normalized spacial score (nSPS) is 10.9. The summed E-state index contributed by atoms with van der Waals surface area (Å²) in [5.41, 5.74) is 2.13. The molecule has 0 aliphatic carbocycles. The second kappa shape index (κ2) is 10.3. The molecule has 0 saturated carbocycles. The highest BCUT2D eigenvalue weighted by Crippen LogP contribution is 2.28. The van der Waals surface area contributed by atoms with Gasteiger partial charge < -0.3 is 10.1 Å². The molecule has 7 heteroatoms. The van der Waals surface area contributed by atoms with Gasteiger partial charge in [0.15, 0.2) is 0 Å². The number of hydrogen-bond acceptors (Lipinski definition) is 3. The number of ether oxygens (including phenoxy) is 1. The predicted octanol–water partition coefficient (Wildman–Crippen LogP) is 6.88. The van der Waals surface area contributed by atoms with Crippen LogP contribution in [0.3, 0.4) is 0 Å². The van der Waals surface area contributed by atoms with Crippen LogP contribution in [0.4, 0.5) is 5.69 Å². The van der Waals surface area contributed by atoms with Gasteiger partial charge in [-0.25, -0.2) is 0 Å². The summed E-state index contributed by atoms with van der Waals surface area (Å²) >= 11 is 15.3. The summed E-state index contributed by atoms with van der Waals surface area (Å²) in [5, 5.41) is 12.7. The number of halogens is 3. The van der Waals surface area contributed by atoms with Crippen LogP contribution in [0, 0.1) is 11.3 Å². The average Bonchev–Trinajstić information content (AvgIpc) is 2.74. The molecule has 0 bridgehead atoms. The average molecular weight is 502 g/mol. The van der Waals surface area contributed by atoms with Crippen LogP contribution in [-0.4, -0.2) is 5.91 Å². The van der Waals surface area contributed by atoms with E-state index in [1.807, 2.05) is 36.4 Å². The Morgan fingerprint density at radius 1 is 1.07 bits per heavy atom. The molecule has 30 heavy (non-hydrogen) atoms. The maximum Gasteiger partial charge on any atom is 0.266 e. The zero-order valence-corrected chi connectivity index (χ0v) is 18.6. The second-order valence-corrected chi connectivity index (χ2v) is 7.89. The Balaban J connectivity index is 1.71. The van der Waals surface area contributed by atoms with Crippen molar-refractivity contribution < 1.29 is 9.53 Å². The van der Waals surface area contributed by atoms with E-state index in [9.17, 15) is 10.1 Å². The lowest BCUT2D eigenvalue weighted by atomic mass is 10.1. The molecule has 4 nitrogen and oxygen atoms in total. The maximum absolute atomic E-state index is 12.4. The van der Waals surface area contributed by atoms with Gasteiger partial charge in [0.25, 0.3) is 5.91 Å². The SMILES string of the molecule is N#C/C(=C/c1ccc(OCc2ccccc2)c(Br)c1)C(=O)Nc1ccc(Cl)c(Cl)c1. The molecule has 0 radical (unpaired) electrons. The van der Waals surface area contributed by atoms with E-state index in [1.54, 1.807) is 30.3 Å². The van der Waals surface area contributed by atoms with E-state index in [4.69, 9.17) is 27.9 Å². The van der Waals surface area contributed by atoms with E-state index in [-0.39, 0.29) is 5.57 Å². The molecule has 3 aromatic rings. The third kappa shape index (κ3) is 5.87. The number of carbonyl (C=O) groups excluding carboxylic acids is 1. The van der Waals surface area contributed by atoms with Gasteiger partial charge in [-0.2, -0.15) is 5.26 Å². The Kier molecular flexibility index (Phi) is 7.53. The number of rotatable bonds is 6. The topological polar surface area (TPSA) is 62.1 Å². The smallest absolute Gasteiger partial charge is 0.266 e. The first-order valence-electron chi connectivity index (χ1n) is 8.81. The molecule has 0 saturated heterocycles. The minimum absolute atomic E-state index is 0.0501. The molecular weight excluding hydrogens is 487 g/mol. The lowest BCUT2D eigenvalue weighted by molar-refractivity contribution is -0.112. The van der Waals surface area contributed by atoms with Crippen LogP contribution in [-0.2, 0) is 11.4 Å². The van der Waals surface area contributed by atoms with Gasteiger partial charge in [0.1, 0.15) is 24.0 Å². The summed E-state index contributed by atoms with van der Waals surface area (Å²) in [7, 11) is 0.